The Kier molecular flexibility index (Phi) is 9.78. The first-order valence-electron chi connectivity index (χ1n) is 11.5. The fraction of sp³-hybridized carbons (Fsp3) is 0.214. The summed E-state index contributed by atoms with van der Waals surface area (Å²) in [4.78, 5) is 47.4. The van der Waals surface area contributed by atoms with Gasteiger partial charge < -0.3 is 20.3 Å². The summed E-state index contributed by atoms with van der Waals surface area (Å²) < 4.78 is 5.07. The predicted octanol–water partition coefficient (Wildman–Crippen LogP) is 4.84. The molecule has 1 amide bonds. The van der Waals surface area contributed by atoms with E-state index in [4.69, 9.17) is 9.84 Å². The molecule has 0 bridgehead atoms. The second-order valence-electron chi connectivity index (χ2n) is 8.61. The highest BCUT2D eigenvalue weighted by molar-refractivity contribution is 14.1. The van der Waals surface area contributed by atoms with Crippen LogP contribution in [0.5, 0.6) is 5.75 Å². The molecule has 3 aromatic rings. The maximum Gasteiger partial charge on any atom is 0.341 e. The van der Waals surface area contributed by atoms with Gasteiger partial charge in [0.15, 0.2) is 10.4 Å². The molecule has 0 heterocycles. The normalized spacial score (nSPS) is 12.3. The first-order chi connectivity index (χ1) is 17.6. The van der Waals surface area contributed by atoms with Crippen molar-refractivity contribution in [3.05, 3.63) is 89.5 Å². The second-order valence-corrected chi connectivity index (χ2v) is 9.68. The van der Waals surface area contributed by atoms with Crippen LogP contribution in [0.25, 0.3) is 11.1 Å². The van der Waals surface area contributed by atoms with E-state index in [9.17, 15) is 24.3 Å². The minimum atomic E-state index is -1.28. The van der Waals surface area contributed by atoms with E-state index in [-0.39, 0.29) is 26.6 Å². The lowest BCUT2D eigenvalue weighted by molar-refractivity contribution is -0.139. The molecule has 3 rings (SSSR count). The Morgan fingerprint density at radius 3 is 2.11 bits per heavy atom. The number of benzene rings is 3. The summed E-state index contributed by atoms with van der Waals surface area (Å²) in [6.07, 6.45) is 0.838. The zero-order chi connectivity index (χ0) is 26.9. The lowest BCUT2D eigenvalue weighted by atomic mass is 9.95. The average molecular weight is 615 g/mol. The first-order valence-corrected chi connectivity index (χ1v) is 12.6. The molecule has 0 unspecified atom stereocenters. The van der Waals surface area contributed by atoms with Gasteiger partial charge in [0.25, 0.3) is 5.91 Å². The van der Waals surface area contributed by atoms with E-state index in [0.717, 1.165) is 22.8 Å². The van der Waals surface area contributed by atoms with E-state index in [2.05, 4.69) is 5.32 Å². The number of carbonyl (C=O) groups excluding carboxylic acids is 2. The van der Waals surface area contributed by atoms with Crippen molar-refractivity contribution < 1.29 is 34.1 Å². The van der Waals surface area contributed by atoms with Crippen molar-refractivity contribution in [1.82, 2.24) is 5.32 Å². The third-order valence-corrected chi connectivity index (χ3v) is 6.75. The molecule has 0 aliphatic carbocycles. The van der Waals surface area contributed by atoms with Crippen LogP contribution in [0.4, 0.5) is 0 Å². The summed E-state index contributed by atoms with van der Waals surface area (Å²) in [7, 11) is 0. The topological polar surface area (TPSA) is 130 Å². The number of hydrogen-bond donors (Lipinski definition) is 3. The highest BCUT2D eigenvalue weighted by atomic mass is 127. The molecule has 0 saturated heterocycles. The second kappa shape index (κ2) is 13.0. The quantitative estimate of drug-likeness (QED) is 0.196. The number of hydrogen-bond acceptors (Lipinski definition) is 5. The monoisotopic (exact) mass is 615 g/mol. The number of aromatic carboxylic acids is 1. The molecule has 192 valence electrons. The van der Waals surface area contributed by atoms with Crippen LogP contribution in [0.15, 0.2) is 72.8 Å². The van der Waals surface area contributed by atoms with Crippen molar-refractivity contribution in [2.75, 3.05) is 6.61 Å². The SMILES string of the molecule is C[C@H](C[C@@H](Cc1ccc(-c2ccccc2)cc1)NC(=O)c1cc(OCC(=O)O)cc(C(=O)O)c1)C(=O)I. The molecule has 37 heavy (non-hydrogen) atoms. The van der Waals surface area contributed by atoms with Gasteiger partial charge in [-0.25, -0.2) is 9.59 Å². The summed E-state index contributed by atoms with van der Waals surface area (Å²) in [6.45, 7) is 1.11. The molecule has 9 heteroatoms. The van der Waals surface area contributed by atoms with Crippen LogP contribution in [0.3, 0.4) is 0 Å². The Bertz CT molecular complexity index is 1280. The molecule has 0 saturated carbocycles. The molecule has 2 atom stereocenters. The van der Waals surface area contributed by atoms with Crippen LogP contribution >= 0.6 is 22.6 Å². The van der Waals surface area contributed by atoms with Gasteiger partial charge in [0.05, 0.1) is 5.56 Å². The maximum atomic E-state index is 13.1. The van der Waals surface area contributed by atoms with E-state index in [0.29, 0.717) is 12.8 Å². The van der Waals surface area contributed by atoms with Gasteiger partial charge in [-0.05, 0) is 70.3 Å². The summed E-state index contributed by atoms with van der Waals surface area (Å²) in [5.74, 6) is -3.43. The Balaban J connectivity index is 1.82. The first kappa shape index (κ1) is 27.9. The summed E-state index contributed by atoms with van der Waals surface area (Å²) in [5, 5.41) is 21.2. The van der Waals surface area contributed by atoms with Gasteiger partial charge in [0.1, 0.15) is 5.75 Å². The van der Waals surface area contributed by atoms with Gasteiger partial charge in [-0.1, -0.05) is 61.5 Å². The van der Waals surface area contributed by atoms with E-state index in [1.807, 2.05) is 54.6 Å². The van der Waals surface area contributed by atoms with E-state index >= 15 is 0 Å². The third-order valence-electron chi connectivity index (χ3n) is 5.68. The summed E-state index contributed by atoms with van der Waals surface area (Å²) >= 11 is 1.74. The van der Waals surface area contributed by atoms with Crippen molar-refractivity contribution >= 4 is 44.2 Å². The number of carbonyl (C=O) groups is 4. The molecule has 0 radical (unpaired) electrons. The van der Waals surface area contributed by atoms with Crippen molar-refractivity contribution in [1.29, 1.82) is 0 Å². The third kappa shape index (κ3) is 8.42. The molecule has 0 spiro atoms. The largest absolute Gasteiger partial charge is 0.482 e. The number of carboxylic acids is 2. The zero-order valence-electron chi connectivity index (χ0n) is 20.0. The minimum absolute atomic E-state index is 0.0122. The molecular weight excluding hydrogens is 589 g/mol. The Morgan fingerprint density at radius 2 is 1.51 bits per heavy atom. The fourth-order valence-electron chi connectivity index (χ4n) is 3.81. The number of rotatable bonds is 12. The van der Waals surface area contributed by atoms with Gasteiger partial charge in [-0.2, -0.15) is 0 Å². The minimum Gasteiger partial charge on any atom is -0.482 e. The number of carboxylic acid groups (broad SMARTS) is 2. The molecule has 0 aliphatic heterocycles. The van der Waals surface area contributed by atoms with E-state index < -0.39 is 30.5 Å². The number of ether oxygens (including phenoxy) is 1. The standard InChI is InChI=1S/C28H26INO7/c1-17(26(29)33)11-23(12-18-7-9-20(10-8-18)19-5-3-2-4-6-19)30-27(34)21-13-22(28(35)36)15-24(14-21)37-16-25(31)32/h2-10,13-15,17,23H,11-12,16H2,1H3,(H,30,34)(H,31,32)(H,35,36)/t17-,23+/m1/s1. The Morgan fingerprint density at radius 1 is 0.892 bits per heavy atom. The number of nitrogens with one attached hydrogen (secondary N) is 1. The van der Waals surface area contributed by atoms with Gasteiger partial charge in [-0.15, -0.1) is 0 Å². The van der Waals surface area contributed by atoms with Gasteiger partial charge in [0.2, 0.25) is 0 Å². The van der Waals surface area contributed by atoms with Crippen molar-refractivity contribution in [3.8, 4) is 16.9 Å². The Hall–Kier alpha value is -3.73. The molecule has 3 aromatic carbocycles. The summed E-state index contributed by atoms with van der Waals surface area (Å²) in [5.41, 5.74) is 2.90. The maximum absolute atomic E-state index is 13.1. The van der Waals surface area contributed by atoms with Crippen LogP contribution in [0.1, 0.15) is 39.6 Å². The summed E-state index contributed by atoms with van der Waals surface area (Å²) in [6, 6.07) is 21.1. The number of aliphatic carboxylic acids is 1. The van der Waals surface area contributed by atoms with Crippen LogP contribution in [-0.4, -0.2) is 44.5 Å². The molecule has 8 nitrogen and oxygen atoms in total. The van der Waals surface area contributed by atoms with Crippen molar-refractivity contribution in [3.63, 3.8) is 0 Å². The molecule has 0 fully saturated rings. The van der Waals surface area contributed by atoms with Gasteiger partial charge in [-0.3, -0.25) is 9.59 Å². The zero-order valence-corrected chi connectivity index (χ0v) is 22.2. The molecule has 0 aliphatic rings. The van der Waals surface area contributed by atoms with Crippen LogP contribution in [0, 0.1) is 5.92 Å². The fourth-order valence-corrected chi connectivity index (χ4v) is 4.07. The molecular formula is C28H26INO7. The number of amides is 1. The highest BCUT2D eigenvalue weighted by Gasteiger charge is 2.22. The molecule has 0 aromatic heterocycles. The van der Waals surface area contributed by atoms with Gasteiger partial charge >= 0.3 is 11.9 Å². The van der Waals surface area contributed by atoms with Crippen molar-refractivity contribution in [2.24, 2.45) is 5.92 Å². The predicted molar refractivity (Wildman–Crippen MR) is 146 cm³/mol. The average Bonchev–Trinajstić information content (AvgIpc) is 2.88. The highest BCUT2D eigenvalue weighted by Crippen LogP contribution is 2.22. The van der Waals surface area contributed by atoms with Gasteiger partial charge in [0, 0.05) is 17.5 Å². The van der Waals surface area contributed by atoms with E-state index in [1.54, 1.807) is 29.5 Å². The van der Waals surface area contributed by atoms with Crippen LogP contribution < -0.4 is 10.1 Å². The lowest BCUT2D eigenvalue weighted by Crippen LogP contribution is -2.38. The smallest absolute Gasteiger partial charge is 0.341 e. The number of halogens is 1. The van der Waals surface area contributed by atoms with Crippen LogP contribution in [0.2, 0.25) is 0 Å². The molecule has 3 N–H and O–H groups in total. The Labute approximate surface area is 227 Å². The van der Waals surface area contributed by atoms with E-state index in [1.165, 1.54) is 12.1 Å². The van der Waals surface area contributed by atoms with Crippen LogP contribution in [-0.2, 0) is 16.0 Å². The van der Waals surface area contributed by atoms with Crippen molar-refractivity contribution in [2.45, 2.75) is 25.8 Å². The lowest BCUT2D eigenvalue weighted by Gasteiger charge is -2.22.